The van der Waals surface area contributed by atoms with Gasteiger partial charge in [0.15, 0.2) is 0 Å². The molecule has 3 aromatic rings. The van der Waals surface area contributed by atoms with Gasteiger partial charge >= 0.3 is 0 Å². The average molecular weight is 534 g/mol. The molecule has 7 nitrogen and oxygen atoms in total. The van der Waals surface area contributed by atoms with E-state index in [2.05, 4.69) is 33.6 Å². The summed E-state index contributed by atoms with van der Waals surface area (Å²) in [6, 6.07) is 20.4. The third-order valence-electron chi connectivity index (χ3n) is 7.29. The van der Waals surface area contributed by atoms with Crippen molar-refractivity contribution in [1.29, 1.82) is 0 Å². The number of rotatable bonds is 9. The van der Waals surface area contributed by atoms with Gasteiger partial charge in [0.05, 0.1) is 37.5 Å². The second kappa shape index (κ2) is 12.2. The number of benzene rings is 2. The maximum atomic E-state index is 13.4. The van der Waals surface area contributed by atoms with Crippen LogP contribution in [0.4, 0.5) is 0 Å². The van der Waals surface area contributed by atoms with Crippen LogP contribution in [0.3, 0.4) is 0 Å². The number of aryl methyl sites for hydroxylation is 1. The second-order valence-electron chi connectivity index (χ2n) is 9.77. The Bertz CT molecular complexity index is 1240. The normalized spacial score (nSPS) is 21.6. The number of pyridine rings is 1. The molecule has 2 aromatic carbocycles. The monoisotopic (exact) mass is 533 g/mol. The number of ether oxygens (including phenoxy) is 3. The summed E-state index contributed by atoms with van der Waals surface area (Å²) >= 11 is 1.85. The van der Waals surface area contributed by atoms with Crippen LogP contribution in [0.25, 0.3) is 0 Å². The van der Waals surface area contributed by atoms with Gasteiger partial charge in [-0.25, -0.2) is 4.31 Å². The van der Waals surface area contributed by atoms with Crippen molar-refractivity contribution in [2.24, 2.45) is 0 Å². The molecule has 2 aliphatic heterocycles. The maximum Gasteiger partial charge on any atom is 0.258 e. The van der Waals surface area contributed by atoms with Gasteiger partial charge in [0.2, 0.25) is 0 Å². The van der Waals surface area contributed by atoms with Crippen LogP contribution in [0.2, 0.25) is 0 Å². The van der Waals surface area contributed by atoms with Crippen molar-refractivity contribution in [2.45, 2.75) is 43.8 Å². The van der Waals surface area contributed by atoms with E-state index < -0.39 is 0 Å². The van der Waals surface area contributed by atoms with Crippen LogP contribution < -0.4 is 9.47 Å². The highest BCUT2D eigenvalue weighted by Gasteiger charge is 2.38. The van der Waals surface area contributed by atoms with E-state index in [0.29, 0.717) is 30.4 Å². The number of hydrogen-bond acceptors (Lipinski definition) is 7. The predicted octanol–water partition coefficient (Wildman–Crippen LogP) is 5.30. The van der Waals surface area contributed by atoms with E-state index in [-0.39, 0.29) is 18.1 Å². The van der Waals surface area contributed by atoms with Gasteiger partial charge in [-0.05, 0) is 61.2 Å². The lowest BCUT2D eigenvalue weighted by atomic mass is 10.1. The average Bonchev–Trinajstić information content (AvgIpc) is 3.59. The SMILES string of the molecule is COc1cccc(C)c1C(=O)N1CC(OC)C(Oc2cccc(CSN3CCCC3c3ccccn3)c2)C1. The van der Waals surface area contributed by atoms with Gasteiger partial charge in [-0.2, -0.15) is 0 Å². The highest BCUT2D eigenvalue weighted by atomic mass is 32.2. The zero-order valence-electron chi connectivity index (χ0n) is 22.2. The molecule has 8 heteroatoms. The van der Waals surface area contributed by atoms with Crippen molar-refractivity contribution in [2.75, 3.05) is 33.9 Å². The number of likely N-dealkylation sites (tertiary alicyclic amines) is 1. The van der Waals surface area contributed by atoms with Crippen LogP contribution in [0.15, 0.2) is 66.9 Å². The molecule has 2 saturated heterocycles. The first-order chi connectivity index (χ1) is 18.6. The molecule has 3 atom stereocenters. The molecule has 0 aliphatic carbocycles. The maximum absolute atomic E-state index is 13.4. The molecular formula is C30H35N3O4S. The third-order valence-corrected chi connectivity index (χ3v) is 8.52. The fourth-order valence-corrected chi connectivity index (χ4v) is 6.44. The van der Waals surface area contributed by atoms with E-state index in [1.165, 1.54) is 12.0 Å². The van der Waals surface area contributed by atoms with Crippen molar-refractivity contribution < 1.29 is 19.0 Å². The summed E-state index contributed by atoms with van der Waals surface area (Å²) in [5.74, 6) is 2.17. The first-order valence-corrected chi connectivity index (χ1v) is 14.0. The number of hydrogen-bond donors (Lipinski definition) is 0. The molecule has 38 heavy (non-hydrogen) atoms. The van der Waals surface area contributed by atoms with Gasteiger partial charge in [0, 0.05) is 25.6 Å². The van der Waals surface area contributed by atoms with E-state index in [1.807, 2.05) is 61.5 Å². The number of carbonyl (C=O) groups is 1. The van der Waals surface area contributed by atoms with Crippen molar-refractivity contribution >= 4 is 17.9 Å². The zero-order valence-corrected chi connectivity index (χ0v) is 23.0. The van der Waals surface area contributed by atoms with E-state index in [9.17, 15) is 4.79 Å². The van der Waals surface area contributed by atoms with Crippen molar-refractivity contribution in [3.05, 3.63) is 89.2 Å². The molecule has 0 spiro atoms. The molecule has 1 aromatic heterocycles. The molecule has 0 bridgehead atoms. The summed E-state index contributed by atoms with van der Waals surface area (Å²) in [6.07, 6.45) is 3.72. The summed E-state index contributed by atoms with van der Waals surface area (Å²) < 4.78 is 20.1. The molecule has 2 fully saturated rings. The van der Waals surface area contributed by atoms with E-state index in [4.69, 9.17) is 14.2 Å². The largest absolute Gasteiger partial charge is 0.496 e. The van der Waals surface area contributed by atoms with Gasteiger partial charge in [0.1, 0.15) is 23.7 Å². The Hall–Kier alpha value is -3.07. The summed E-state index contributed by atoms with van der Waals surface area (Å²) in [7, 11) is 3.26. The minimum atomic E-state index is -0.256. The topological polar surface area (TPSA) is 64.1 Å². The number of amides is 1. The number of methoxy groups -OCH3 is 2. The van der Waals surface area contributed by atoms with Crippen LogP contribution in [0.5, 0.6) is 11.5 Å². The Morgan fingerprint density at radius 3 is 2.68 bits per heavy atom. The smallest absolute Gasteiger partial charge is 0.258 e. The summed E-state index contributed by atoms with van der Waals surface area (Å²) in [5, 5.41) is 0. The van der Waals surface area contributed by atoms with Crippen LogP contribution in [0.1, 0.15) is 46.1 Å². The summed E-state index contributed by atoms with van der Waals surface area (Å²) in [6.45, 7) is 3.91. The lowest BCUT2D eigenvalue weighted by Crippen LogP contribution is -2.32. The van der Waals surface area contributed by atoms with Crippen molar-refractivity contribution in [1.82, 2.24) is 14.2 Å². The fourth-order valence-electron chi connectivity index (χ4n) is 5.30. The molecule has 1 amide bonds. The van der Waals surface area contributed by atoms with Crippen LogP contribution in [0, 0.1) is 6.92 Å². The van der Waals surface area contributed by atoms with Gasteiger partial charge < -0.3 is 19.1 Å². The molecule has 2 aliphatic rings. The van der Waals surface area contributed by atoms with E-state index in [0.717, 1.165) is 35.7 Å². The Balaban J connectivity index is 1.22. The minimum absolute atomic E-state index is 0.0636. The van der Waals surface area contributed by atoms with E-state index in [1.54, 1.807) is 19.1 Å². The molecule has 3 unspecified atom stereocenters. The predicted molar refractivity (Wildman–Crippen MR) is 150 cm³/mol. The van der Waals surface area contributed by atoms with Gasteiger partial charge in [0.25, 0.3) is 5.91 Å². The van der Waals surface area contributed by atoms with Gasteiger partial charge in [-0.1, -0.05) is 42.3 Å². The van der Waals surface area contributed by atoms with E-state index >= 15 is 0 Å². The quantitative estimate of drug-likeness (QED) is 0.346. The summed E-state index contributed by atoms with van der Waals surface area (Å²) in [4.78, 5) is 19.8. The standard InChI is InChI=1S/C30H35N3O4S/c1-21-9-6-14-26(35-2)29(21)30(34)32-18-27(36-3)28(19-32)37-23-11-7-10-22(17-23)20-38-33-16-8-13-25(33)24-12-4-5-15-31-24/h4-7,9-12,14-15,17,25,27-28H,8,13,16,18-20H2,1-3H3. The third kappa shape index (κ3) is 5.82. The first-order valence-electron chi connectivity index (χ1n) is 13.1. The minimum Gasteiger partial charge on any atom is -0.496 e. The Morgan fingerprint density at radius 1 is 1.05 bits per heavy atom. The molecule has 200 valence electrons. The van der Waals surface area contributed by atoms with Gasteiger partial charge in [-0.15, -0.1) is 0 Å². The highest BCUT2D eigenvalue weighted by molar-refractivity contribution is 7.96. The highest BCUT2D eigenvalue weighted by Crippen LogP contribution is 2.37. The van der Waals surface area contributed by atoms with Crippen LogP contribution in [-0.2, 0) is 10.5 Å². The van der Waals surface area contributed by atoms with Crippen LogP contribution >= 0.6 is 11.9 Å². The number of nitrogens with zero attached hydrogens (tertiary/aromatic N) is 3. The first kappa shape index (κ1) is 26.5. The lowest BCUT2D eigenvalue weighted by Gasteiger charge is -2.23. The molecule has 0 radical (unpaired) electrons. The molecule has 3 heterocycles. The molecule has 0 N–H and O–H groups in total. The Labute approximate surface area is 229 Å². The summed E-state index contributed by atoms with van der Waals surface area (Å²) in [5.41, 5.74) is 3.82. The lowest BCUT2D eigenvalue weighted by molar-refractivity contribution is 0.0339. The Kier molecular flexibility index (Phi) is 8.51. The number of aromatic nitrogens is 1. The fraction of sp³-hybridized carbons (Fsp3) is 0.400. The second-order valence-corrected chi connectivity index (χ2v) is 10.8. The molecule has 0 saturated carbocycles. The number of carbonyl (C=O) groups excluding carboxylic acids is 1. The van der Waals surface area contributed by atoms with Crippen molar-refractivity contribution in [3.63, 3.8) is 0 Å². The Morgan fingerprint density at radius 2 is 1.89 bits per heavy atom. The zero-order chi connectivity index (χ0) is 26.5. The van der Waals surface area contributed by atoms with Crippen molar-refractivity contribution in [3.8, 4) is 11.5 Å². The van der Waals surface area contributed by atoms with Gasteiger partial charge in [-0.3, -0.25) is 9.78 Å². The van der Waals surface area contributed by atoms with Crippen LogP contribution in [-0.4, -0.2) is 66.2 Å². The molecular weight excluding hydrogens is 498 g/mol. The molecule has 5 rings (SSSR count).